The number of nitrogen functional groups attached to an aromatic ring is 1. The number of nitrogens with zero attached hydrogens (tertiary/aromatic N) is 3. The minimum absolute atomic E-state index is 0.00453. The Bertz CT molecular complexity index is 756. The monoisotopic (exact) mass is 279 g/mol. The van der Waals surface area contributed by atoms with Gasteiger partial charge in [0.05, 0.1) is 17.1 Å². The summed E-state index contributed by atoms with van der Waals surface area (Å²) in [6.07, 6.45) is 6.91. The second kappa shape index (κ2) is 5.85. The zero-order chi connectivity index (χ0) is 14.7. The molecular weight excluding hydrogens is 262 g/mol. The normalized spacial score (nSPS) is 12.4. The van der Waals surface area contributed by atoms with Crippen LogP contribution in [0.1, 0.15) is 24.1 Å². The molecule has 0 bridgehead atoms. The van der Waals surface area contributed by atoms with Gasteiger partial charge in [-0.25, -0.2) is 0 Å². The average Bonchev–Trinajstić information content (AvgIpc) is 2.53. The largest absolute Gasteiger partial charge is 0.398 e. The number of benzene rings is 1. The fourth-order valence-electron chi connectivity index (χ4n) is 2.43. The van der Waals surface area contributed by atoms with Crippen LogP contribution in [0.25, 0.3) is 11.0 Å². The predicted octanol–water partition coefficient (Wildman–Crippen LogP) is 2.31. The summed E-state index contributed by atoms with van der Waals surface area (Å²) in [4.78, 5) is 12.8. The molecule has 0 amide bonds. The van der Waals surface area contributed by atoms with Gasteiger partial charge in [0.15, 0.2) is 0 Å². The molecule has 21 heavy (non-hydrogen) atoms. The van der Waals surface area contributed by atoms with Gasteiger partial charge in [-0.15, -0.1) is 0 Å². The van der Waals surface area contributed by atoms with Crippen molar-refractivity contribution in [3.63, 3.8) is 0 Å². The summed E-state index contributed by atoms with van der Waals surface area (Å²) in [5.74, 6) is 0. The molecule has 0 aliphatic heterocycles. The Morgan fingerprint density at radius 2 is 1.90 bits per heavy atom. The van der Waals surface area contributed by atoms with Crippen LogP contribution in [0.4, 0.5) is 5.69 Å². The molecule has 0 spiro atoms. The topological polar surface area (TPSA) is 76.7 Å². The van der Waals surface area contributed by atoms with E-state index in [4.69, 9.17) is 5.73 Å². The molecule has 0 saturated carbocycles. The molecule has 0 fully saturated rings. The highest BCUT2D eigenvalue weighted by Crippen LogP contribution is 2.27. The molecule has 2 heterocycles. The van der Waals surface area contributed by atoms with Crippen molar-refractivity contribution in [2.75, 3.05) is 12.3 Å². The van der Waals surface area contributed by atoms with Crippen LogP contribution in [0, 0.1) is 0 Å². The van der Waals surface area contributed by atoms with Gasteiger partial charge in [0.25, 0.3) is 0 Å². The molecule has 3 N–H and O–H groups in total. The van der Waals surface area contributed by atoms with Crippen molar-refractivity contribution in [3.05, 3.63) is 60.2 Å². The zero-order valence-corrected chi connectivity index (χ0v) is 11.8. The van der Waals surface area contributed by atoms with E-state index in [0.717, 1.165) is 34.4 Å². The van der Waals surface area contributed by atoms with Crippen LogP contribution in [0.15, 0.2) is 49.1 Å². The first kappa shape index (κ1) is 13.5. The molecule has 0 radical (unpaired) electrons. The van der Waals surface area contributed by atoms with Gasteiger partial charge in [-0.1, -0.05) is 13.0 Å². The summed E-state index contributed by atoms with van der Waals surface area (Å²) in [5, 5.41) is 3.45. The fourth-order valence-corrected chi connectivity index (χ4v) is 2.43. The van der Waals surface area contributed by atoms with Gasteiger partial charge >= 0.3 is 0 Å². The van der Waals surface area contributed by atoms with Gasteiger partial charge in [-0.05, 0) is 30.3 Å². The Hall–Kier alpha value is -2.53. The second-order valence-corrected chi connectivity index (χ2v) is 4.80. The molecule has 2 aromatic heterocycles. The van der Waals surface area contributed by atoms with Gasteiger partial charge in [0.2, 0.25) is 0 Å². The number of nitrogens with one attached hydrogen (secondary N) is 1. The Morgan fingerprint density at radius 1 is 1.10 bits per heavy atom. The zero-order valence-electron chi connectivity index (χ0n) is 11.8. The van der Waals surface area contributed by atoms with Crippen molar-refractivity contribution >= 4 is 16.7 Å². The van der Waals surface area contributed by atoms with Crippen LogP contribution >= 0.6 is 0 Å². The molecule has 0 saturated heterocycles. The van der Waals surface area contributed by atoms with Crippen LogP contribution in [-0.4, -0.2) is 21.5 Å². The van der Waals surface area contributed by atoms with Gasteiger partial charge in [0.1, 0.15) is 0 Å². The van der Waals surface area contributed by atoms with E-state index in [2.05, 4.69) is 33.3 Å². The number of hydrogen-bond donors (Lipinski definition) is 2. The molecule has 106 valence electrons. The van der Waals surface area contributed by atoms with E-state index >= 15 is 0 Å². The first-order valence-corrected chi connectivity index (χ1v) is 6.93. The third-order valence-corrected chi connectivity index (χ3v) is 3.43. The fraction of sp³-hybridized carbons (Fsp3) is 0.188. The maximum atomic E-state index is 6.09. The third kappa shape index (κ3) is 2.68. The summed E-state index contributed by atoms with van der Waals surface area (Å²) in [5.41, 5.74) is 10.7. The Morgan fingerprint density at radius 3 is 2.67 bits per heavy atom. The molecular formula is C16H17N5. The number of nitrogens with two attached hydrogens (primary N) is 1. The highest BCUT2D eigenvalue weighted by atomic mass is 14.9. The highest BCUT2D eigenvalue weighted by molar-refractivity contribution is 5.75. The van der Waals surface area contributed by atoms with Crippen LogP contribution in [-0.2, 0) is 0 Å². The molecule has 1 unspecified atom stereocenters. The minimum Gasteiger partial charge on any atom is -0.398 e. The van der Waals surface area contributed by atoms with Gasteiger partial charge in [-0.2, -0.15) is 0 Å². The molecule has 1 atom stereocenters. The summed E-state index contributed by atoms with van der Waals surface area (Å²) < 4.78 is 0. The van der Waals surface area contributed by atoms with Crippen LogP contribution in [0.2, 0.25) is 0 Å². The molecule has 3 rings (SSSR count). The number of anilines is 1. The van der Waals surface area contributed by atoms with E-state index in [1.807, 2.05) is 24.4 Å². The molecule has 0 aliphatic carbocycles. The lowest BCUT2D eigenvalue weighted by atomic mass is 9.98. The molecule has 5 heteroatoms. The smallest absolute Gasteiger partial charge is 0.0890 e. The average molecular weight is 279 g/mol. The standard InChI is InChI=1S/C16H17N5/c1-2-19-16(12-10-18-6-5-13(12)17)11-3-4-14-15(9-11)21-8-7-20-14/h3-10,16,19H,2H2,1H3,(H2,17,18). The van der Waals surface area contributed by atoms with Gasteiger partial charge in [-0.3, -0.25) is 15.0 Å². The lowest BCUT2D eigenvalue weighted by molar-refractivity contribution is 0.630. The van der Waals surface area contributed by atoms with E-state index in [1.54, 1.807) is 18.6 Å². The quantitative estimate of drug-likeness (QED) is 0.766. The van der Waals surface area contributed by atoms with Crippen molar-refractivity contribution in [2.24, 2.45) is 0 Å². The van der Waals surface area contributed by atoms with E-state index in [1.165, 1.54) is 0 Å². The lowest BCUT2D eigenvalue weighted by Crippen LogP contribution is -2.23. The molecule has 1 aromatic carbocycles. The first-order valence-electron chi connectivity index (χ1n) is 6.93. The van der Waals surface area contributed by atoms with Crippen molar-refractivity contribution in [3.8, 4) is 0 Å². The Labute approximate surface area is 123 Å². The maximum absolute atomic E-state index is 6.09. The number of fused-ring (bicyclic) bond motifs is 1. The van der Waals surface area contributed by atoms with E-state index in [0.29, 0.717) is 0 Å². The first-order chi connectivity index (χ1) is 10.3. The van der Waals surface area contributed by atoms with Crippen molar-refractivity contribution in [1.29, 1.82) is 0 Å². The second-order valence-electron chi connectivity index (χ2n) is 4.80. The highest BCUT2D eigenvalue weighted by Gasteiger charge is 2.16. The summed E-state index contributed by atoms with van der Waals surface area (Å²) in [6, 6.07) is 7.89. The van der Waals surface area contributed by atoms with Crippen molar-refractivity contribution < 1.29 is 0 Å². The van der Waals surface area contributed by atoms with Crippen LogP contribution in [0.5, 0.6) is 0 Å². The van der Waals surface area contributed by atoms with Crippen LogP contribution in [0.3, 0.4) is 0 Å². The van der Waals surface area contributed by atoms with E-state index in [-0.39, 0.29) is 6.04 Å². The predicted molar refractivity (Wildman–Crippen MR) is 83.7 cm³/mol. The van der Waals surface area contributed by atoms with Gasteiger partial charge in [0, 0.05) is 36.0 Å². The van der Waals surface area contributed by atoms with E-state index in [9.17, 15) is 0 Å². The summed E-state index contributed by atoms with van der Waals surface area (Å²) in [6.45, 7) is 2.90. The third-order valence-electron chi connectivity index (χ3n) is 3.43. The number of aromatic nitrogens is 3. The summed E-state index contributed by atoms with van der Waals surface area (Å²) in [7, 11) is 0. The van der Waals surface area contributed by atoms with Crippen LogP contribution < -0.4 is 11.1 Å². The number of rotatable bonds is 4. The number of hydrogen-bond acceptors (Lipinski definition) is 5. The maximum Gasteiger partial charge on any atom is 0.0890 e. The van der Waals surface area contributed by atoms with Gasteiger partial charge < -0.3 is 11.1 Å². The van der Waals surface area contributed by atoms with E-state index < -0.39 is 0 Å². The van der Waals surface area contributed by atoms with Crippen molar-refractivity contribution in [2.45, 2.75) is 13.0 Å². The number of pyridine rings is 1. The summed E-state index contributed by atoms with van der Waals surface area (Å²) >= 11 is 0. The molecule has 5 nitrogen and oxygen atoms in total. The van der Waals surface area contributed by atoms with Crippen molar-refractivity contribution in [1.82, 2.24) is 20.3 Å². The lowest BCUT2D eigenvalue weighted by Gasteiger charge is -2.20. The SMILES string of the molecule is CCNC(c1ccc2nccnc2c1)c1cnccc1N. The Balaban J connectivity index is 2.09. The minimum atomic E-state index is -0.00453. The Kier molecular flexibility index (Phi) is 3.75. The molecule has 0 aliphatic rings. The molecule has 3 aromatic rings.